The van der Waals surface area contributed by atoms with Crippen LogP contribution in [0.3, 0.4) is 0 Å². The van der Waals surface area contributed by atoms with Crippen LogP contribution in [0.2, 0.25) is 5.02 Å². The topological polar surface area (TPSA) is 79.4 Å². The molecule has 1 amide bonds. The Bertz CT molecular complexity index is 1230. The maximum Gasteiger partial charge on any atom is 0.257 e. The van der Waals surface area contributed by atoms with Crippen LogP contribution < -0.4 is 5.32 Å². The summed E-state index contributed by atoms with van der Waals surface area (Å²) in [5.41, 5.74) is 2.12. The van der Waals surface area contributed by atoms with Gasteiger partial charge < -0.3 is 0 Å². The lowest BCUT2D eigenvalue weighted by molar-refractivity contribution is 0.102. The van der Waals surface area contributed by atoms with Gasteiger partial charge in [0.1, 0.15) is 0 Å². The number of carbonyl (C=O) groups excluding carboxylic acids is 1. The molecule has 170 valence electrons. The molecule has 0 atom stereocenters. The van der Waals surface area contributed by atoms with Crippen molar-refractivity contribution < 1.29 is 13.2 Å². The van der Waals surface area contributed by atoms with Crippen molar-refractivity contribution in [3.63, 3.8) is 0 Å². The molecule has 0 bridgehead atoms. The molecule has 0 saturated heterocycles. The Morgan fingerprint density at radius 3 is 2.53 bits per heavy atom. The van der Waals surface area contributed by atoms with E-state index in [1.54, 1.807) is 16.4 Å². The third-order valence-electron chi connectivity index (χ3n) is 5.89. The summed E-state index contributed by atoms with van der Waals surface area (Å²) in [5.74, 6) is -0.337. The minimum absolute atomic E-state index is 0.0534. The molecule has 1 saturated carbocycles. The van der Waals surface area contributed by atoms with Gasteiger partial charge in [-0.3, -0.25) is 10.1 Å². The molecule has 0 aliphatic heterocycles. The second-order valence-corrected chi connectivity index (χ2v) is 11.4. The number of rotatable bonds is 6. The molecule has 2 aromatic carbocycles. The molecule has 1 aromatic heterocycles. The zero-order valence-corrected chi connectivity index (χ0v) is 20.5. The highest BCUT2D eigenvalue weighted by atomic mass is 35.5. The van der Waals surface area contributed by atoms with Crippen LogP contribution in [0.25, 0.3) is 10.2 Å². The summed E-state index contributed by atoms with van der Waals surface area (Å²) in [5, 5.41) is 3.90. The second kappa shape index (κ2) is 9.47. The van der Waals surface area contributed by atoms with E-state index in [0.29, 0.717) is 22.3 Å². The molecule has 1 aliphatic carbocycles. The SMILES string of the molecule is CCN(C1CCCCC1)S(=O)(=O)c1ccc(C(=O)Nc2nc3c(C)cc(Cl)cc3s2)cc1. The molecule has 1 heterocycles. The van der Waals surface area contributed by atoms with Crippen LogP contribution in [0.4, 0.5) is 5.13 Å². The van der Waals surface area contributed by atoms with Crippen molar-refractivity contribution in [1.82, 2.24) is 9.29 Å². The van der Waals surface area contributed by atoms with Gasteiger partial charge >= 0.3 is 0 Å². The fraction of sp³-hybridized carbons (Fsp3) is 0.391. The van der Waals surface area contributed by atoms with Crippen molar-refractivity contribution in [2.75, 3.05) is 11.9 Å². The van der Waals surface area contributed by atoms with Crippen LogP contribution in [-0.2, 0) is 10.0 Å². The molecule has 4 rings (SSSR count). The number of benzene rings is 2. The molecule has 32 heavy (non-hydrogen) atoms. The van der Waals surface area contributed by atoms with E-state index < -0.39 is 10.0 Å². The Labute approximate surface area is 197 Å². The normalized spacial score (nSPS) is 15.4. The van der Waals surface area contributed by atoms with Crippen molar-refractivity contribution in [2.45, 2.75) is 56.9 Å². The number of carbonyl (C=O) groups is 1. The van der Waals surface area contributed by atoms with Crippen LogP contribution in [-0.4, -0.2) is 36.2 Å². The van der Waals surface area contributed by atoms with Crippen LogP contribution in [0.1, 0.15) is 54.9 Å². The number of hydrogen-bond donors (Lipinski definition) is 1. The standard InChI is InChI=1S/C23H26ClN3O3S2/c1-3-27(18-7-5-4-6-8-18)32(29,30)19-11-9-16(10-12-19)22(28)26-23-25-21-15(2)13-17(24)14-20(21)31-23/h9-14,18H,3-8H2,1-2H3,(H,25,26,28). The number of anilines is 1. The molecular formula is C23H26ClN3O3S2. The zero-order valence-electron chi connectivity index (χ0n) is 18.1. The maximum absolute atomic E-state index is 13.2. The minimum atomic E-state index is -3.60. The first kappa shape index (κ1) is 23.2. The van der Waals surface area contributed by atoms with E-state index in [4.69, 9.17) is 11.6 Å². The van der Waals surface area contributed by atoms with E-state index >= 15 is 0 Å². The van der Waals surface area contributed by atoms with Gasteiger partial charge in [-0.1, -0.05) is 49.1 Å². The monoisotopic (exact) mass is 491 g/mol. The van der Waals surface area contributed by atoms with E-state index in [-0.39, 0.29) is 16.8 Å². The predicted octanol–water partition coefficient (Wildman–Crippen LogP) is 5.85. The Morgan fingerprint density at radius 1 is 1.19 bits per heavy atom. The van der Waals surface area contributed by atoms with Crippen molar-refractivity contribution in [2.24, 2.45) is 0 Å². The lowest BCUT2D eigenvalue weighted by Gasteiger charge is -2.32. The first-order chi connectivity index (χ1) is 15.3. The van der Waals surface area contributed by atoms with Gasteiger partial charge in [-0.05, 0) is 61.7 Å². The maximum atomic E-state index is 13.2. The van der Waals surface area contributed by atoms with Crippen molar-refractivity contribution in [3.05, 3.63) is 52.5 Å². The third kappa shape index (κ3) is 4.69. The number of nitrogens with zero attached hydrogens (tertiary/aromatic N) is 2. The van der Waals surface area contributed by atoms with Crippen molar-refractivity contribution in [3.8, 4) is 0 Å². The summed E-state index contributed by atoms with van der Waals surface area (Å²) in [7, 11) is -3.60. The Hall–Kier alpha value is -2.00. The molecule has 1 N–H and O–H groups in total. The van der Waals surface area contributed by atoms with Gasteiger partial charge in [0.25, 0.3) is 5.91 Å². The second-order valence-electron chi connectivity index (χ2n) is 8.07. The van der Waals surface area contributed by atoms with Crippen LogP contribution in [0, 0.1) is 6.92 Å². The van der Waals surface area contributed by atoms with Crippen molar-refractivity contribution >= 4 is 54.2 Å². The highest BCUT2D eigenvalue weighted by molar-refractivity contribution is 7.89. The number of hydrogen-bond acceptors (Lipinski definition) is 5. The van der Waals surface area contributed by atoms with Crippen LogP contribution >= 0.6 is 22.9 Å². The summed E-state index contributed by atoms with van der Waals surface area (Å²) >= 11 is 7.46. The van der Waals surface area contributed by atoms with Gasteiger partial charge in [-0.25, -0.2) is 13.4 Å². The Morgan fingerprint density at radius 2 is 1.88 bits per heavy atom. The van der Waals surface area contributed by atoms with E-state index in [0.717, 1.165) is 41.5 Å². The van der Waals surface area contributed by atoms with Gasteiger partial charge in [-0.15, -0.1) is 0 Å². The number of fused-ring (bicyclic) bond motifs is 1. The molecule has 3 aromatic rings. The summed E-state index contributed by atoms with van der Waals surface area (Å²) in [6, 6.07) is 9.83. The number of amides is 1. The Kier molecular flexibility index (Phi) is 6.86. The van der Waals surface area contributed by atoms with Crippen LogP contribution in [0.15, 0.2) is 41.3 Å². The first-order valence-corrected chi connectivity index (χ1v) is 13.4. The zero-order chi connectivity index (χ0) is 22.9. The number of sulfonamides is 1. The van der Waals surface area contributed by atoms with Gasteiger partial charge in [0.2, 0.25) is 10.0 Å². The minimum Gasteiger partial charge on any atom is -0.298 e. The van der Waals surface area contributed by atoms with Gasteiger partial charge in [0.15, 0.2) is 5.13 Å². The summed E-state index contributed by atoms with van der Waals surface area (Å²) in [6.07, 6.45) is 5.10. The highest BCUT2D eigenvalue weighted by Crippen LogP contribution is 2.31. The summed E-state index contributed by atoms with van der Waals surface area (Å²) < 4.78 is 28.9. The summed E-state index contributed by atoms with van der Waals surface area (Å²) in [4.78, 5) is 17.4. The number of aromatic nitrogens is 1. The van der Waals surface area contributed by atoms with E-state index in [2.05, 4.69) is 10.3 Å². The van der Waals surface area contributed by atoms with Gasteiger partial charge in [0, 0.05) is 23.2 Å². The number of thiazole rings is 1. The molecule has 1 aliphatic rings. The molecule has 9 heteroatoms. The average Bonchev–Trinajstić information content (AvgIpc) is 3.17. The quantitative estimate of drug-likeness (QED) is 0.468. The van der Waals surface area contributed by atoms with Gasteiger partial charge in [-0.2, -0.15) is 4.31 Å². The highest BCUT2D eigenvalue weighted by Gasteiger charge is 2.31. The average molecular weight is 492 g/mol. The lowest BCUT2D eigenvalue weighted by Crippen LogP contribution is -2.41. The molecule has 1 fully saturated rings. The van der Waals surface area contributed by atoms with E-state index in [9.17, 15) is 13.2 Å². The first-order valence-electron chi connectivity index (χ1n) is 10.8. The van der Waals surface area contributed by atoms with Crippen LogP contribution in [0.5, 0.6) is 0 Å². The molecule has 0 radical (unpaired) electrons. The molecule has 0 spiro atoms. The number of aryl methyl sites for hydroxylation is 1. The Balaban J connectivity index is 1.51. The number of halogens is 1. The molecular weight excluding hydrogens is 466 g/mol. The third-order valence-corrected chi connectivity index (χ3v) is 9.07. The lowest BCUT2D eigenvalue weighted by atomic mass is 9.95. The van der Waals surface area contributed by atoms with Gasteiger partial charge in [0.05, 0.1) is 15.1 Å². The predicted molar refractivity (Wildman–Crippen MR) is 130 cm³/mol. The van der Waals surface area contributed by atoms with E-state index in [1.807, 2.05) is 26.0 Å². The number of nitrogens with one attached hydrogen (secondary N) is 1. The fourth-order valence-electron chi connectivity index (χ4n) is 4.28. The summed E-state index contributed by atoms with van der Waals surface area (Å²) in [6.45, 7) is 4.24. The largest absolute Gasteiger partial charge is 0.298 e. The van der Waals surface area contributed by atoms with Crippen molar-refractivity contribution in [1.29, 1.82) is 0 Å². The fourth-order valence-corrected chi connectivity index (χ4v) is 7.29. The molecule has 6 nitrogen and oxygen atoms in total. The van der Waals surface area contributed by atoms with E-state index in [1.165, 1.54) is 29.9 Å². The molecule has 0 unspecified atom stereocenters. The smallest absolute Gasteiger partial charge is 0.257 e.